The van der Waals surface area contributed by atoms with Crippen LogP contribution in [0.25, 0.3) is 0 Å². The third-order valence-corrected chi connectivity index (χ3v) is 1.15. The summed E-state index contributed by atoms with van der Waals surface area (Å²) < 4.78 is 0. The topological polar surface area (TPSA) is 32.6 Å². The summed E-state index contributed by atoms with van der Waals surface area (Å²) in [6.45, 7) is 1.81. The minimum atomic E-state index is 0.223. The Morgan fingerprint density at radius 1 is 1.40 bits per heavy atom. The molecule has 0 unspecified atom stereocenters. The second-order valence-electron chi connectivity index (χ2n) is 1.88. The third kappa shape index (κ3) is 1.35. The molecule has 10 heavy (non-hydrogen) atoms. The van der Waals surface area contributed by atoms with E-state index >= 15 is 0 Å². The predicted octanol–water partition coefficient (Wildman–Crippen LogP) is 2.11. The molecule has 52 valence electrons. The number of phenols is 1. The highest BCUT2D eigenvalue weighted by Crippen LogP contribution is 2.23. The van der Waals surface area contributed by atoms with Gasteiger partial charge in [-0.3, -0.25) is 4.99 Å². The Bertz CT molecular complexity index is 243. The predicted molar refractivity (Wildman–Crippen MR) is 41.9 cm³/mol. The molecule has 0 aliphatic heterocycles. The minimum absolute atomic E-state index is 0.223. The van der Waals surface area contributed by atoms with Crippen LogP contribution in [-0.2, 0) is 0 Å². The van der Waals surface area contributed by atoms with Gasteiger partial charge >= 0.3 is 0 Å². The summed E-state index contributed by atoms with van der Waals surface area (Å²) in [4.78, 5) is 3.93. The largest absolute Gasteiger partial charge is 0.506 e. The highest BCUT2D eigenvalue weighted by atomic mass is 16.3. The smallest absolute Gasteiger partial charge is 0.141 e. The van der Waals surface area contributed by atoms with E-state index in [1.807, 2.05) is 13.0 Å². The first-order valence-corrected chi connectivity index (χ1v) is 3.11. The number of aromatic hydroxyl groups is 1. The zero-order valence-electron chi connectivity index (χ0n) is 5.78. The van der Waals surface area contributed by atoms with Gasteiger partial charge in [-0.1, -0.05) is 12.1 Å². The van der Waals surface area contributed by atoms with Crippen LogP contribution < -0.4 is 0 Å². The Hall–Kier alpha value is -1.31. The van der Waals surface area contributed by atoms with Crippen molar-refractivity contribution in [2.75, 3.05) is 0 Å². The van der Waals surface area contributed by atoms with Crippen molar-refractivity contribution in [2.45, 2.75) is 6.92 Å². The molecule has 0 heterocycles. The summed E-state index contributed by atoms with van der Waals surface area (Å²) in [5.41, 5.74) is 0.616. The van der Waals surface area contributed by atoms with E-state index in [1.165, 1.54) is 0 Å². The summed E-state index contributed by atoms with van der Waals surface area (Å²) in [5.74, 6) is 0.223. The van der Waals surface area contributed by atoms with Gasteiger partial charge in [0, 0.05) is 6.21 Å². The van der Waals surface area contributed by atoms with E-state index in [0.717, 1.165) is 0 Å². The fourth-order valence-electron chi connectivity index (χ4n) is 0.712. The Morgan fingerprint density at radius 2 is 2.10 bits per heavy atom. The van der Waals surface area contributed by atoms with E-state index in [2.05, 4.69) is 4.99 Å². The van der Waals surface area contributed by atoms with Gasteiger partial charge < -0.3 is 5.11 Å². The van der Waals surface area contributed by atoms with Crippen LogP contribution in [0, 0.1) is 0 Å². The molecule has 0 spiro atoms. The zero-order chi connectivity index (χ0) is 7.40. The van der Waals surface area contributed by atoms with Gasteiger partial charge in [0.2, 0.25) is 0 Å². The quantitative estimate of drug-likeness (QED) is 0.588. The summed E-state index contributed by atoms with van der Waals surface area (Å²) >= 11 is 0. The van der Waals surface area contributed by atoms with Gasteiger partial charge in [0.05, 0.1) is 0 Å². The Morgan fingerprint density at radius 3 is 2.70 bits per heavy atom. The van der Waals surface area contributed by atoms with Crippen molar-refractivity contribution in [3.8, 4) is 5.75 Å². The molecule has 1 aromatic carbocycles. The van der Waals surface area contributed by atoms with Crippen LogP contribution in [0.5, 0.6) is 5.75 Å². The zero-order valence-corrected chi connectivity index (χ0v) is 5.78. The lowest BCUT2D eigenvalue weighted by Gasteiger charge is -1.94. The molecule has 0 aliphatic carbocycles. The standard InChI is InChI=1S/C8H9NO/c1-2-9-7-5-3-4-6-8(7)10/h2-6,10H,1H3. The van der Waals surface area contributed by atoms with Crippen molar-refractivity contribution < 1.29 is 5.11 Å². The first-order chi connectivity index (χ1) is 4.84. The fraction of sp³-hybridized carbons (Fsp3) is 0.125. The van der Waals surface area contributed by atoms with E-state index in [-0.39, 0.29) is 5.75 Å². The van der Waals surface area contributed by atoms with Gasteiger partial charge in [-0.2, -0.15) is 0 Å². The molecule has 0 saturated heterocycles. The maximum absolute atomic E-state index is 9.13. The molecule has 2 nitrogen and oxygen atoms in total. The average Bonchev–Trinajstić information content (AvgIpc) is 1.94. The van der Waals surface area contributed by atoms with Gasteiger partial charge in [0.1, 0.15) is 11.4 Å². The second kappa shape index (κ2) is 3.01. The van der Waals surface area contributed by atoms with Crippen molar-refractivity contribution in [1.82, 2.24) is 0 Å². The summed E-state index contributed by atoms with van der Waals surface area (Å²) in [6, 6.07) is 6.98. The monoisotopic (exact) mass is 135 g/mol. The third-order valence-electron chi connectivity index (χ3n) is 1.15. The number of nitrogens with zero attached hydrogens (tertiary/aromatic N) is 1. The van der Waals surface area contributed by atoms with Gasteiger partial charge in [-0.05, 0) is 19.1 Å². The molecule has 0 radical (unpaired) electrons. The molecular weight excluding hydrogens is 126 g/mol. The maximum Gasteiger partial charge on any atom is 0.141 e. The average molecular weight is 135 g/mol. The number of benzene rings is 1. The highest BCUT2D eigenvalue weighted by molar-refractivity contribution is 5.63. The van der Waals surface area contributed by atoms with E-state index in [0.29, 0.717) is 5.69 Å². The molecule has 2 heteroatoms. The normalized spacial score (nSPS) is 10.5. The van der Waals surface area contributed by atoms with E-state index in [1.54, 1.807) is 24.4 Å². The van der Waals surface area contributed by atoms with Gasteiger partial charge in [0.25, 0.3) is 0 Å². The van der Waals surface area contributed by atoms with Crippen molar-refractivity contribution in [2.24, 2.45) is 4.99 Å². The van der Waals surface area contributed by atoms with Gasteiger partial charge in [0.15, 0.2) is 0 Å². The molecule has 0 amide bonds. The minimum Gasteiger partial charge on any atom is -0.506 e. The van der Waals surface area contributed by atoms with Crippen LogP contribution in [0.15, 0.2) is 29.3 Å². The number of hydrogen-bond donors (Lipinski definition) is 1. The van der Waals surface area contributed by atoms with Crippen molar-refractivity contribution in [3.63, 3.8) is 0 Å². The van der Waals surface area contributed by atoms with Crippen LogP contribution in [-0.4, -0.2) is 11.3 Å². The Balaban J connectivity index is 3.03. The van der Waals surface area contributed by atoms with Gasteiger partial charge in [-0.15, -0.1) is 0 Å². The molecule has 1 N–H and O–H groups in total. The first-order valence-electron chi connectivity index (χ1n) is 3.11. The lowest BCUT2D eigenvalue weighted by atomic mass is 10.3. The van der Waals surface area contributed by atoms with E-state index in [4.69, 9.17) is 5.11 Å². The molecule has 1 aromatic rings. The van der Waals surface area contributed by atoms with E-state index in [9.17, 15) is 0 Å². The van der Waals surface area contributed by atoms with Crippen LogP contribution in [0.4, 0.5) is 5.69 Å². The van der Waals surface area contributed by atoms with Crippen molar-refractivity contribution in [1.29, 1.82) is 0 Å². The lowest BCUT2D eigenvalue weighted by molar-refractivity contribution is 0.477. The summed E-state index contributed by atoms with van der Waals surface area (Å²) in [7, 11) is 0. The van der Waals surface area contributed by atoms with Crippen molar-refractivity contribution in [3.05, 3.63) is 24.3 Å². The molecule has 0 aromatic heterocycles. The van der Waals surface area contributed by atoms with Crippen LogP contribution in [0.1, 0.15) is 6.92 Å². The summed E-state index contributed by atoms with van der Waals surface area (Å²) in [5, 5.41) is 9.13. The SMILES string of the molecule is CC=Nc1ccccc1O. The Labute approximate surface area is 59.9 Å². The molecular formula is C8H9NO. The molecule has 0 atom stereocenters. The number of phenolic OH excluding ortho intramolecular Hbond substituents is 1. The number of rotatable bonds is 1. The number of aliphatic imine (C=N–C) groups is 1. The molecule has 1 rings (SSSR count). The second-order valence-corrected chi connectivity index (χ2v) is 1.88. The van der Waals surface area contributed by atoms with Crippen LogP contribution in [0.2, 0.25) is 0 Å². The van der Waals surface area contributed by atoms with Crippen LogP contribution in [0.3, 0.4) is 0 Å². The summed E-state index contributed by atoms with van der Waals surface area (Å²) in [6.07, 6.45) is 1.65. The maximum atomic E-state index is 9.13. The Kier molecular flexibility index (Phi) is 2.05. The number of hydrogen-bond acceptors (Lipinski definition) is 2. The van der Waals surface area contributed by atoms with Gasteiger partial charge in [-0.25, -0.2) is 0 Å². The molecule has 0 fully saturated rings. The van der Waals surface area contributed by atoms with Crippen molar-refractivity contribution >= 4 is 11.9 Å². The lowest BCUT2D eigenvalue weighted by Crippen LogP contribution is -1.66. The molecule has 0 saturated carbocycles. The molecule has 0 bridgehead atoms. The number of para-hydroxylation sites is 2. The highest BCUT2D eigenvalue weighted by Gasteiger charge is 1.92. The molecule has 0 aliphatic rings. The van der Waals surface area contributed by atoms with E-state index < -0.39 is 0 Å². The first kappa shape index (κ1) is 6.81. The van der Waals surface area contributed by atoms with Crippen LogP contribution >= 0.6 is 0 Å². The fourth-order valence-corrected chi connectivity index (χ4v) is 0.712.